The fraction of sp³-hybridized carbons (Fsp3) is 0.400. The quantitative estimate of drug-likeness (QED) is 0.741. The zero-order chi connectivity index (χ0) is 10.6. The molecule has 76 valence electrons. The minimum atomic E-state index is -0.920. The predicted octanol–water partition coefficient (Wildman–Crippen LogP) is 1.65. The van der Waals surface area contributed by atoms with Crippen LogP contribution in [0.5, 0.6) is 0 Å². The second-order valence-electron chi connectivity index (χ2n) is 3.33. The summed E-state index contributed by atoms with van der Waals surface area (Å²) < 4.78 is 1.93. The van der Waals surface area contributed by atoms with Crippen molar-refractivity contribution in [2.75, 3.05) is 0 Å². The molecule has 14 heavy (non-hydrogen) atoms. The molecule has 0 aliphatic carbocycles. The van der Waals surface area contributed by atoms with E-state index in [1.165, 1.54) is 0 Å². The Morgan fingerprint density at radius 2 is 2.43 bits per heavy atom. The first kappa shape index (κ1) is 10.5. The van der Waals surface area contributed by atoms with Gasteiger partial charge in [0.25, 0.3) is 0 Å². The molecular formula is C10H14N2O2. The van der Waals surface area contributed by atoms with E-state index < -0.39 is 5.97 Å². The number of hydrogen-bond acceptors (Lipinski definition) is 2. The monoisotopic (exact) mass is 194 g/mol. The van der Waals surface area contributed by atoms with Gasteiger partial charge in [0, 0.05) is 30.9 Å². The zero-order valence-corrected chi connectivity index (χ0v) is 8.34. The molecule has 0 atom stereocenters. The van der Waals surface area contributed by atoms with E-state index in [0.717, 1.165) is 11.9 Å². The van der Waals surface area contributed by atoms with Crippen molar-refractivity contribution in [3.05, 3.63) is 30.4 Å². The second-order valence-corrected chi connectivity index (χ2v) is 3.33. The summed E-state index contributed by atoms with van der Waals surface area (Å²) in [5.41, 5.74) is 0. The summed E-state index contributed by atoms with van der Waals surface area (Å²) in [5, 5.41) is 8.41. The van der Waals surface area contributed by atoms with Crippen molar-refractivity contribution in [3.63, 3.8) is 0 Å². The van der Waals surface area contributed by atoms with Crippen molar-refractivity contribution < 1.29 is 9.90 Å². The minimum Gasteiger partial charge on any atom is -0.478 e. The van der Waals surface area contributed by atoms with Gasteiger partial charge in [-0.15, -0.1) is 0 Å². The molecule has 0 aromatic carbocycles. The molecule has 0 unspecified atom stereocenters. The average molecular weight is 194 g/mol. The number of carbonyl (C=O) groups is 1. The molecule has 0 spiro atoms. The van der Waals surface area contributed by atoms with Crippen LogP contribution in [0.15, 0.2) is 24.5 Å². The van der Waals surface area contributed by atoms with E-state index in [2.05, 4.69) is 18.8 Å². The molecule has 4 heteroatoms. The Balaban J connectivity index is 2.67. The number of hydrogen-bond donors (Lipinski definition) is 1. The molecule has 1 aromatic rings. The van der Waals surface area contributed by atoms with Crippen LogP contribution in [-0.2, 0) is 11.3 Å². The maximum atomic E-state index is 10.2. The first-order valence-corrected chi connectivity index (χ1v) is 4.51. The molecule has 0 aliphatic rings. The normalized spacial score (nSPS) is 11.4. The highest BCUT2D eigenvalue weighted by molar-refractivity contribution is 5.79. The third-order valence-electron chi connectivity index (χ3n) is 1.83. The van der Waals surface area contributed by atoms with E-state index in [1.807, 2.05) is 10.8 Å². The van der Waals surface area contributed by atoms with Crippen molar-refractivity contribution >= 4 is 5.97 Å². The van der Waals surface area contributed by atoms with Gasteiger partial charge in [0.15, 0.2) is 0 Å². The van der Waals surface area contributed by atoms with E-state index in [1.54, 1.807) is 12.3 Å². The predicted molar refractivity (Wildman–Crippen MR) is 53.1 cm³/mol. The maximum Gasteiger partial charge on any atom is 0.328 e. The number of aromatic nitrogens is 2. The summed E-state index contributed by atoms with van der Waals surface area (Å²) in [5.74, 6) is 0.402. The Kier molecular flexibility index (Phi) is 3.45. The van der Waals surface area contributed by atoms with Crippen molar-refractivity contribution in [1.29, 1.82) is 0 Å². The van der Waals surface area contributed by atoms with Gasteiger partial charge in [0.2, 0.25) is 0 Å². The first-order chi connectivity index (χ1) is 6.61. The van der Waals surface area contributed by atoms with Crippen LogP contribution in [0.2, 0.25) is 0 Å². The van der Waals surface area contributed by atoms with Crippen molar-refractivity contribution in [2.45, 2.75) is 26.3 Å². The van der Waals surface area contributed by atoms with E-state index in [9.17, 15) is 4.79 Å². The summed E-state index contributed by atoms with van der Waals surface area (Å²) in [6, 6.07) is 0. The highest BCUT2D eigenvalue weighted by Gasteiger charge is 2.04. The molecule has 0 radical (unpaired) electrons. The second kappa shape index (κ2) is 4.60. The number of carboxylic acids is 1. The molecule has 1 N–H and O–H groups in total. The molecule has 4 nitrogen and oxygen atoms in total. The highest BCUT2D eigenvalue weighted by Crippen LogP contribution is 2.11. The van der Waals surface area contributed by atoms with Crippen molar-refractivity contribution in [3.8, 4) is 0 Å². The van der Waals surface area contributed by atoms with Crippen LogP contribution in [0.25, 0.3) is 0 Å². The molecule has 0 saturated carbocycles. The molecule has 0 fully saturated rings. The van der Waals surface area contributed by atoms with Gasteiger partial charge in [0.05, 0.1) is 0 Å². The van der Waals surface area contributed by atoms with Gasteiger partial charge in [-0.1, -0.05) is 19.9 Å². The van der Waals surface area contributed by atoms with Gasteiger partial charge in [0.1, 0.15) is 5.82 Å². The standard InChI is InChI=1S/C10H14N2O2/c1-8(2)10-11-5-7-12(10)6-3-4-9(13)14/h3-5,7-8H,6H2,1-2H3,(H,13,14). The summed E-state index contributed by atoms with van der Waals surface area (Å²) >= 11 is 0. The Morgan fingerprint density at radius 1 is 1.71 bits per heavy atom. The van der Waals surface area contributed by atoms with Crippen LogP contribution in [0.1, 0.15) is 25.6 Å². The summed E-state index contributed by atoms with van der Waals surface area (Å²) in [6.45, 7) is 4.67. The number of aliphatic carboxylic acids is 1. The van der Waals surface area contributed by atoms with Gasteiger partial charge < -0.3 is 9.67 Å². The smallest absolute Gasteiger partial charge is 0.328 e. The van der Waals surface area contributed by atoms with Crippen LogP contribution >= 0.6 is 0 Å². The van der Waals surface area contributed by atoms with Crippen molar-refractivity contribution in [2.24, 2.45) is 0 Å². The molecule has 0 saturated heterocycles. The van der Waals surface area contributed by atoms with E-state index >= 15 is 0 Å². The number of nitrogens with zero attached hydrogens (tertiary/aromatic N) is 2. The molecule has 1 heterocycles. The Hall–Kier alpha value is -1.58. The lowest BCUT2D eigenvalue weighted by atomic mass is 10.2. The van der Waals surface area contributed by atoms with E-state index in [-0.39, 0.29) is 0 Å². The topological polar surface area (TPSA) is 55.1 Å². The van der Waals surface area contributed by atoms with Gasteiger partial charge in [-0.05, 0) is 0 Å². The molecule has 0 amide bonds. The van der Waals surface area contributed by atoms with Crippen LogP contribution in [0, 0.1) is 0 Å². The lowest BCUT2D eigenvalue weighted by Gasteiger charge is -2.06. The minimum absolute atomic E-state index is 0.350. The zero-order valence-electron chi connectivity index (χ0n) is 8.34. The summed E-state index contributed by atoms with van der Waals surface area (Å²) in [6.07, 6.45) is 6.32. The number of imidazole rings is 1. The van der Waals surface area contributed by atoms with Gasteiger partial charge in [-0.3, -0.25) is 0 Å². The first-order valence-electron chi connectivity index (χ1n) is 4.51. The summed E-state index contributed by atoms with van der Waals surface area (Å²) in [4.78, 5) is 14.4. The Bertz CT molecular complexity index is 340. The fourth-order valence-electron chi connectivity index (χ4n) is 1.24. The van der Waals surface area contributed by atoms with E-state index in [0.29, 0.717) is 12.5 Å². The highest BCUT2D eigenvalue weighted by atomic mass is 16.4. The van der Waals surface area contributed by atoms with Crippen molar-refractivity contribution in [1.82, 2.24) is 9.55 Å². The lowest BCUT2D eigenvalue weighted by molar-refractivity contribution is -0.131. The van der Waals surface area contributed by atoms with Gasteiger partial charge in [-0.25, -0.2) is 9.78 Å². The van der Waals surface area contributed by atoms with Crippen LogP contribution < -0.4 is 0 Å². The molecule has 1 rings (SSSR count). The number of rotatable bonds is 4. The van der Waals surface area contributed by atoms with Crippen LogP contribution in [-0.4, -0.2) is 20.6 Å². The Labute approximate surface area is 82.9 Å². The average Bonchev–Trinajstić information content (AvgIpc) is 2.51. The van der Waals surface area contributed by atoms with Gasteiger partial charge >= 0.3 is 5.97 Å². The molecule has 1 aromatic heterocycles. The largest absolute Gasteiger partial charge is 0.478 e. The molecule has 0 bridgehead atoms. The molecular weight excluding hydrogens is 180 g/mol. The number of allylic oxidation sites excluding steroid dienone is 1. The maximum absolute atomic E-state index is 10.2. The SMILES string of the molecule is CC(C)c1nccn1CC=CC(=O)O. The third kappa shape index (κ3) is 2.73. The van der Waals surface area contributed by atoms with Crippen LogP contribution in [0.3, 0.4) is 0 Å². The van der Waals surface area contributed by atoms with Gasteiger partial charge in [-0.2, -0.15) is 0 Å². The summed E-state index contributed by atoms with van der Waals surface area (Å²) in [7, 11) is 0. The fourth-order valence-corrected chi connectivity index (χ4v) is 1.24. The Morgan fingerprint density at radius 3 is 3.00 bits per heavy atom. The van der Waals surface area contributed by atoms with Crippen LogP contribution in [0.4, 0.5) is 0 Å². The lowest BCUT2D eigenvalue weighted by Crippen LogP contribution is -2.03. The third-order valence-corrected chi connectivity index (χ3v) is 1.83. The number of carboxylic acid groups (broad SMARTS) is 1. The van der Waals surface area contributed by atoms with E-state index in [4.69, 9.17) is 5.11 Å². The molecule has 0 aliphatic heterocycles.